The largest absolute Gasteiger partial charge is 0.327 e. The molecule has 3 saturated carbocycles. The molecule has 0 amide bonds. The Hall–Kier alpha value is -0.560. The Bertz CT molecular complexity index is 701. The summed E-state index contributed by atoms with van der Waals surface area (Å²) in [5, 5.41) is 0. The van der Waals surface area contributed by atoms with Gasteiger partial charge in [-0.2, -0.15) is 0 Å². The predicted molar refractivity (Wildman–Crippen MR) is 135 cm³/mol. The van der Waals surface area contributed by atoms with Crippen LogP contribution in [0.3, 0.4) is 0 Å². The van der Waals surface area contributed by atoms with Gasteiger partial charge in [-0.15, -0.1) is 0 Å². The molecular weight excluding hydrogens is 374 g/mol. The number of nitrogens with two attached hydrogens (primary N) is 1. The predicted octanol–water partition coefficient (Wildman–Crippen LogP) is 8.30. The summed E-state index contributed by atoms with van der Waals surface area (Å²) in [6.07, 6.45) is 17.6. The fraction of sp³-hybridized carbons (Fsp3) is 0.867. The number of allylic oxidation sites excluding steroid dienone is 4. The minimum absolute atomic E-state index is 0.397. The standard InChI is InChI=1S/C30H51N/c1-7-19(4)21(6)15-29(31)22-16-23-18-30(23)14-13-28(30)27(17-22)26-12-10-11-25(20(5)8-2)24(26)9-3/h12,19-23,27-29H,7-11,13-18,31H2,1-6H3/t19?,20-,21?,22?,23?,27?,28?,29+,30?/m1/s1. The lowest BCUT2D eigenvalue weighted by Crippen LogP contribution is -2.38. The van der Waals surface area contributed by atoms with Crippen molar-refractivity contribution in [2.45, 2.75) is 118 Å². The first kappa shape index (κ1) is 23.6. The van der Waals surface area contributed by atoms with Gasteiger partial charge < -0.3 is 5.73 Å². The molecule has 0 heterocycles. The van der Waals surface area contributed by atoms with Crippen LogP contribution < -0.4 is 5.73 Å². The van der Waals surface area contributed by atoms with Crippen LogP contribution >= 0.6 is 0 Å². The molecule has 31 heavy (non-hydrogen) atoms. The summed E-state index contributed by atoms with van der Waals surface area (Å²) in [5.74, 6) is 5.80. The first-order valence-corrected chi connectivity index (χ1v) is 14.0. The van der Waals surface area contributed by atoms with E-state index >= 15 is 0 Å². The van der Waals surface area contributed by atoms with Crippen molar-refractivity contribution in [2.75, 3.05) is 0 Å². The molecule has 0 aromatic rings. The van der Waals surface area contributed by atoms with Gasteiger partial charge in [-0.1, -0.05) is 59.6 Å². The van der Waals surface area contributed by atoms with Gasteiger partial charge in [-0.3, -0.25) is 0 Å². The molecule has 7 unspecified atom stereocenters. The average molecular weight is 426 g/mol. The highest BCUT2D eigenvalue weighted by Gasteiger charge is 2.67. The highest BCUT2D eigenvalue weighted by molar-refractivity contribution is 5.42. The van der Waals surface area contributed by atoms with Crippen LogP contribution in [0.15, 0.2) is 22.8 Å². The maximum absolute atomic E-state index is 7.03. The molecule has 9 atom stereocenters. The normalized spacial score (nSPS) is 38.7. The van der Waals surface area contributed by atoms with Gasteiger partial charge in [0.1, 0.15) is 0 Å². The topological polar surface area (TPSA) is 26.0 Å². The van der Waals surface area contributed by atoms with Gasteiger partial charge in [0.25, 0.3) is 0 Å². The minimum atomic E-state index is 0.397. The SMILES string of the molecule is CCC1=C([C@H](C)CC)CCC=C1C1CC([C@@H](N)CC(C)C(C)CC)CC2CC23CCC13. The Morgan fingerprint density at radius 1 is 1.06 bits per heavy atom. The third-order valence-corrected chi connectivity index (χ3v) is 10.9. The lowest BCUT2D eigenvalue weighted by Gasteiger charge is -2.45. The van der Waals surface area contributed by atoms with Crippen LogP contribution in [-0.4, -0.2) is 6.04 Å². The van der Waals surface area contributed by atoms with E-state index < -0.39 is 0 Å². The van der Waals surface area contributed by atoms with Gasteiger partial charge in [-0.25, -0.2) is 0 Å². The number of rotatable bonds is 9. The molecular formula is C30H51N. The lowest BCUT2D eigenvalue weighted by molar-refractivity contribution is 0.0863. The van der Waals surface area contributed by atoms with Crippen molar-refractivity contribution in [1.29, 1.82) is 0 Å². The average Bonchev–Trinajstić information content (AvgIpc) is 3.52. The van der Waals surface area contributed by atoms with Crippen molar-refractivity contribution < 1.29 is 0 Å². The van der Waals surface area contributed by atoms with E-state index in [0.29, 0.717) is 6.04 Å². The second kappa shape index (κ2) is 9.36. The Morgan fingerprint density at radius 2 is 1.84 bits per heavy atom. The van der Waals surface area contributed by atoms with Gasteiger partial charge in [0, 0.05) is 6.04 Å². The first-order chi connectivity index (χ1) is 14.9. The van der Waals surface area contributed by atoms with Crippen molar-refractivity contribution in [1.82, 2.24) is 0 Å². The number of hydrogen-bond donors (Lipinski definition) is 1. The summed E-state index contributed by atoms with van der Waals surface area (Å²) < 4.78 is 0. The zero-order chi connectivity index (χ0) is 22.3. The number of hydrogen-bond acceptors (Lipinski definition) is 1. The lowest BCUT2D eigenvalue weighted by atomic mass is 9.59. The van der Waals surface area contributed by atoms with Crippen molar-refractivity contribution in [2.24, 2.45) is 52.6 Å². The quantitative estimate of drug-likeness (QED) is 0.395. The molecule has 0 aromatic heterocycles. The Labute approximate surface area is 193 Å². The van der Waals surface area contributed by atoms with Crippen LogP contribution in [0.1, 0.15) is 112 Å². The van der Waals surface area contributed by atoms with Crippen molar-refractivity contribution >= 4 is 0 Å². The van der Waals surface area contributed by atoms with Crippen molar-refractivity contribution in [3.8, 4) is 0 Å². The van der Waals surface area contributed by atoms with Gasteiger partial charge in [0.05, 0.1) is 0 Å². The fourth-order valence-corrected chi connectivity index (χ4v) is 8.10. The maximum Gasteiger partial charge on any atom is 0.00701 e. The molecule has 4 rings (SSSR count). The second-order valence-electron chi connectivity index (χ2n) is 12.2. The molecule has 1 heteroatoms. The van der Waals surface area contributed by atoms with E-state index in [1.165, 1.54) is 70.6 Å². The van der Waals surface area contributed by atoms with Crippen LogP contribution in [0.5, 0.6) is 0 Å². The van der Waals surface area contributed by atoms with E-state index in [-0.39, 0.29) is 0 Å². The highest BCUT2D eigenvalue weighted by Crippen LogP contribution is 2.75. The summed E-state index contributed by atoms with van der Waals surface area (Å²) in [4.78, 5) is 0. The Balaban J connectivity index is 1.59. The van der Waals surface area contributed by atoms with Crippen LogP contribution in [0.25, 0.3) is 0 Å². The summed E-state index contributed by atoms with van der Waals surface area (Å²) in [5.41, 5.74) is 13.1. The molecule has 3 fully saturated rings. The maximum atomic E-state index is 7.03. The summed E-state index contributed by atoms with van der Waals surface area (Å²) in [6, 6.07) is 0.397. The van der Waals surface area contributed by atoms with Crippen LogP contribution in [-0.2, 0) is 0 Å². The van der Waals surface area contributed by atoms with Crippen LogP contribution in [0, 0.1) is 46.8 Å². The second-order valence-corrected chi connectivity index (χ2v) is 12.2. The van der Waals surface area contributed by atoms with E-state index in [4.69, 9.17) is 5.73 Å². The molecule has 0 saturated heterocycles. The van der Waals surface area contributed by atoms with Gasteiger partial charge in [0.15, 0.2) is 0 Å². The van der Waals surface area contributed by atoms with E-state index in [2.05, 4.69) is 47.6 Å². The van der Waals surface area contributed by atoms with Gasteiger partial charge in [-0.05, 0) is 122 Å². The molecule has 4 aliphatic rings. The molecule has 0 radical (unpaired) electrons. The van der Waals surface area contributed by atoms with E-state index in [1.807, 2.05) is 0 Å². The van der Waals surface area contributed by atoms with E-state index in [1.54, 1.807) is 16.7 Å². The summed E-state index contributed by atoms with van der Waals surface area (Å²) in [7, 11) is 0. The van der Waals surface area contributed by atoms with Crippen LogP contribution in [0.2, 0.25) is 0 Å². The molecule has 176 valence electrons. The highest BCUT2D eigenvalue weighted by atomic mass is 14.7. The molecule has 0 aliphatic heterocycles. The first-order valence-electron chi connectivity index (χ1n) is 14.0. The van der Waals surface area contributed by atoms with E-state index in [0.717, 1.165) is 46.8 Å². The molecule has 1 spiro atoms. The van der Waals surface area contributed by atoms with E-state index in [9.17, 15) is 0 Å². The zero-order valence-corrected chi connectivity index (χ0v) is 21.6. The minimum Gasteiger partial charge on any atom is -0.327 e. The molecule has 0 aromatic carbocycles. The molecule has 2 N–H and O–H groups in total. The van der Waals surface area contributed by atoms with Crippen LogP contribution in [0.4, 0.5) is 0 Å². The molecule has 4 aliphatic carbocycles. The van der Waals surface area contributed by atoms with Crippen molar-refractivity contribution in [3.63, 3.8) is 0 Å². The fourth-order valence-electron chi connectivity index (χ4n) is 8.10. The molecule has 1 nitrogen and oxygen atoms in total. The van der Waals surface area contributed by atoms with Gasteiger partial charge in [0.2, 0.25) is 0 Å². The van der Waals surface area contributed by atoms with Gasteiger partial charge >= 0.3 is 0 Å². The monoisotopic (exact) mass is 425 g/mol. The molecule has 0 bridgehead atoms. The Morgan fingerprint density at radius 3 is 2.45 bits per heavy atom. The summed E-state index contributed by atoms with van der Waals surface area (Å²) >= 11 is 0. The third-order valence-electron chi connectivity index (χ3n) is 10.9. The van der Waals surface area contributed by atoms with Crippen molar-refractivity contribution in [3.05, 3.63) is 22.8 Å². The zero-order valence-electron chi connectivity index (χ0n) is 21.6. The smallest absolute Gasteiger partial charge is 0.00701 e. The Kier molecular flexibility index (Phi) is 7.12. The summed E-state index contributed by atoms with van der Waals surface area (Å²) in [6.45, 7) is 14.5. The third kappa shape index (κ3) is 4.22.